The molecule has 0 aliphatic carbocycles. The second kappa shape index (κ2) is 11.8. The highest BCUT2D eigenvalue weighted by atomic mass is 32.2. The van der Waals surface area contributed by atoms with E-state index in [4.69, 9.17) is 14.5 Å². The minimum atomic E-state index is -0.455. The lowest BCUT2D eigenvalue weighted by Crippen LogP contribution is -2.38. The monoisotopic (exact) mass is 519 g/mol. The van der Waals surface area contributed by atoms with Crippen molar-refractivity contribution in [3.8, 4) is 0 Å². The molecule has 2 aliphatic heterocycles. The first-order valence-electron chi connectivity index (χ1n) is 12.3. The lowest BCUT2D eigenvalue weighted by molar-refractivity contribution is -0.141. The quantitative estimate of drug-likeness (QED) is 0.356. The summed E-state index contributed by atoms with van der Waals surface area (Å²) < 4.78 is 10.6. The van der Waals surface area contributed by atoms with E-state index in [9.17, 15) is 9.59 Å². The van der Waals surface area contributed by atoms with Crippen LogP contribution in [-0.2, 0) is 19.1 Å². The van der Waals surface area contributed by atoms with E-state index in [1.807, 2.05) is 80.5 Å². The summed E-state index contributed by atoms with van der Waals surface area (Å²) in [5, 5.41) is 5.79. The van der Waals surface area contributed by atoms with Gasteiger partial charge < -0.3 is 19.7 Å². The smallest absolute Gasteiger partial charge is 0.338 e. The number of hydrogen-bond donors (Lipinski definition) is 1. The summed E-state index contributed by atoms with van der Waals surface area (Å²) in [6.45, 7) is 8.35. The maximum atomic E-state index is 13.3. The number of rotatable bonds is 9. The first-order chi connectivity index (χ1) is 17.8. The van der Waals surface area contributed by atoms with Gasteiger partial charge in [0.15, 0.2) is 5.17 Å². The summed E-state index contributed by atoms with van der Waals surface area (Å²) in [6, 6.07) is 15.5. The van der Waals surface area contributed by atoms with Crippen LogP contribution in [0.2, 0.25) is 0 Å². The first-order valence-corrected chi connectivity index (χ1v) is 13.2. The van der Waals surface area contributed by atoms with E-state index in [2.05, 4.69) is 11.4 Å². The van der Waals surface area contributed by atoms with E-state index in [0.717, 1.165) is 33.1 Å². The first kappa shape index (κ1) is 26.7. The maximum Gasteiger partial charge on any atom is 0.338 e. The molecule has 0 aromatic heterocycles. The van der Waals surface area contributed by atoms with Crippen LogP contribution in [0, 0.1) is 13.8 Å². The van der Waals surface area contributed by atoms with Gasteiger partial charge in [0.25, 0.3) is 0 Å². The van der Waals surface area contributed by atoms with E-state index in [1.165, 1.54) is 11.8 Å². The van der Waals surface area contributed by atoms with E-state index >= 15 is 0 Å². The molecule has 8 heteroatoms. The predicted octanol–water partition coefficient (Wildman–Crippen LogP) is 5.34. The van der Waals surface area contributed by atoms with E-state index < -0.39 is 12.0 Å². The topological polar surface area (TPSA) is 80.2 Å². The van der Waals surface area contributed by atoms with Crippen LogP contribution in [0.15, 0.2) is 75.9 Å². The van der Waals surface area contributed by atoms with Crippen molar-refractivity contribution in [2.45, 2.75) is 46.2 Å². The minimum absolute atomic E-state index is 0.0978. The molecule has 0 unspecified atom stereocenters. The van der Waals surface area contributed by atoms with Crippen molar-refractivity contribution >= 4 is 28.8 Å². The van der Waals surface area contributed by atoms with Gasteiger partial charge in [0.2, 0.25) is 5.91 Å². The molecule has 2 atom stereocenters. The number of thioether (sulfide) groups is 1. The van der Waals surface area contributed by atoms with Crippen LogP contribution >= 0.6 is 11.8 Å². The molecule has 1 N–H and O–H groups in total. The van der Waals surface area contributed by atoms with Crippen LogP contribution < -0.4 is 5.32 Å². The van der Waals surface area contributed by atoms with Crippen LogP contribution in [0.1, 0.15) is 54.6 Å². The molecule has 2 aromatic rings. The number of hydrogen-bond acceptors (Lipinski definition) is 7. The molecule has 2 heterocycles. The number of aryl methyl sites for hydroxylation is 2. The van der Waals surface area contributed by atoms with Gasteiger partial charge in [0, 0.05) is 12.8 Å². The third-order valence-electron chi connectivity index (χ3n) is 6.48. The van der Waals surface area contributed by atoms with Gasteiger partial charge >= 0.3 is 5.97 Å². The lowest BCUT2D eigenvalue weighted by atomic mass is 9.90. The summed E-state index contributed by atoms with van der Waals surface area (Å²) in [6.07, 6.45) is 0.162. The number of carbonyl (C=O) groups is 2. The number of esters is 1. The Balaban J connectivity index is 1.64. The molecule has 0 bridgehead atoms. The fraction of sp³-hybridized carbons (Fsp3) is 0.345. The highest BCUT2D eigenvalue weighted by molar-refractivity contribution is 8.16. The Kier molecular flexibility index (Phi) is 8.51. The number of amides is 1. The molecule has 0 fully saturated rings. The molecular weight excluding hydrogens is 486 g/mol. The van der Waals surface area contributed by atoms with E-state index in [-0.39, 0.29) is 25.0 Å². The van der Waals surface area contributed by atoms with Gasteiger partial charge in [-0.1, -0.05) is 65.9 Å². The van der Waals surface area contributed by atoms with Crippen molar-refractivity contribution in [3.05, 3.63) is 93.2 Å². The molecule has 2 aliphatic rings. The lowest BCUT2D eigenvalue weighted by Gasteiger charge is -2.37. The molecule has 4 rings (SSSR count). The highest BCUT2D eigenvalue weighted by Crippen LogP contribution is 2.45. The van der Waals surface area contributed by atoms with Crippen LogP contribution in [-0.4, -0.2) is 42.3 Å². The predicted molar refractivity (Wildman–Crippen MR) is 147 cm³/mol. The molecule has 2 aromatic carbocycles. The molecule has 0 spiro atoms. The van der Waals surface area contributed by atoms with E-state index in [0.29, 0.717) is 17.9 Å². The molecule has 37 heavy (non-hydrogen) atoms. The minimum Gasteiger partial charge on any atom is -0.460 e. The number of aliphatic imine (C=N–C) groups is 1. The number of methoxy groups -OCH3 is 1. The summed E-state index contributed by atoms with van der Waals surface area (Å²) in [4.78, 5) is 33.2. The van der Waals surface area contributed by atoms with Gasteiger partial charge in [-0.15, -0.1) is 0 Å². The van der Waals surface area contributed by atoms with Gasteiger partial charge in [0.05, 0.1) is 36.4 Å². The largest absolute Gasteiger partial charge is 0.460 e. The number of carbonyl (C=O) groups excluding carboxylic acids is 2. The van der Waals surface area contributed by atoms with Crippen molar-refractivity contribution in [2.75, 3.05) is 20.3 Å². The Morgan fingerprint density at radius 1 is 1.11 bits per heavy atom. The van der Waals surface area contributed by atoms with Gasteiger partial charge in [-0.05, 0) is 49.8 Å². The molecule has 7 nitrogen and oxygen atoms in total. The number of amidine groups is 1. The van der Waals surface area contributed by atoms with Gasteiger partial charge in [-0.2, -0.15) is 0 Å². The van der Waals surface area contributed by atoms with Crippen molar-refractivity contribution in [1.82, 2.24) is 10.2 Å². The summed E-state index contributed by atoms with van der Waals surface area (Å²) >= 11 is 1.47. The third-order valence-corrected chi connectivity index (χ3v) is 7.37. The Hall–Kier alpha value is -3.36. The zero-order valence-corrected chi connectivity index (χ0v) is 22.7. The standard InChI is InChI=1S/C29H33N3O4S/c1-18-11-12-24(19(2)15-18)27-26(28(34)36-14-13-35-5)21(4)31-29-32(27)23(17-37-29)16-25(33)30-20(3)22-9-7-6-8-10-22/h6-12,15,17,20,27H,13-14,16H2,1-5H3,(H,30,33)/t20-,27-/m0/s1. The summed E-state index contributed by atoms with van der Waals surface area (Å²) in [5.41, 5.74) is 6.08. The van der Waals surface area contributed by atoms with Crippen molar-refractivity contribution in [3.63, 3.8) is 0 Å². The Morgan fingerprint density at radius 2 is 1.86 bits per heavy atom. The van der Waals surface area contributed by atoms with Crippen molar-refractivity contribution in [1.29, 1.82) is 0 Å². The Labute approximate surface area is 222 Å². The zero-order valence-electron chi connectivity index (χ0n) is 21.9. The molecule has 0 radical (unpaired) electrons. The SMILES string of the molecule is COCCOC(=O)C1=C(C)N=C2SC=C(CC(=O)N[C@@H](C)c3ccccc3)N2[C@H]1c1ccc(C)cc1C. The zero-order chi connectivity index (χ0) is 26.5. The highest BCUT2D eigenvalue weighted by Gasteiger charge is 2.41. The fourth-order valence-electron chi connectivity index (χ4n) is 4.63. The molecule has 0 saturated heterocycles. The fourth-order valence-corrected chi connectivity index (χ4v) is 5.60. The van der Waals surface area contributed by atoms with Gasteiger partial charge in [-0.25, -0.2) is 9.79 Å². The average Bonchev–Trinajstić information content (AvgIpc) is 3.25. The molecule has 1 amide bonds. The van der Waals surface area contributed by atoms with Crippen molar-refractivity contribution in [2.24, 2.45) is 4.99 Å². The normalized spacial score (nSPS) is 17.6. The molecular formula is C29H33N3O4S. The third kappa shape index (κ3) is 5.97. The number of nitrogens with one attached hydrogen (secondary N) is 1. The number of benzene rings is 2. The number of allylic oxidation sites excluding steroid dienone is 1. The molecule has 0 saturated carbocycles. The van der Waals surface area contributed by atoms with Crippen LogP contribution in [0.5, 0.6) is 0 Å². The summed E-state index contributed by atoms with van der Waals surface area (Å²) in [5.74, 6) is -0.528. The Bertz CT molecular complexity index is 1270. The van der Waals surface area contributed by atoms with E-state index in [1.54, 1.807) is 7.11 Å². The van der Waals surface area contributed by atoms with Gasteiger partial charge in [-0.3, -0.25) is 4.79 Å². The second-order valence-electron chi connectivity index (χ2n) is 9.26. The van der Waals surface area contributed by atoms with Crippen LogP contribution in [0.4, 0.5) is 0 Å². The number of ether oxygens (including phenoxy) is 2. The van der Waals surface area contributed by atoms with Crippen molar-refractivity contribution < 1.29 is 19.1 Å². The summed E-state index contributed by atoms with van der Waals surface area (Å²) in [7, 11) is 1.57. The maximum absolute atomic E-state index is 13.3. The van der Waals surface area contributed by atoms with Crippen LogP contribution in [0.25, 0.3) is 0 Å². The van der Waals surface area contributed by atoms with Gasteiger partial charge in [0.1, 0.15) is 6.61 Å². The average molecular weight is 520 g/mol. The number of fused-ring (bicyclic) bond motifs is 1. The second-order valence-corrected chi connectivity index (χ2v) is 10.1. The van der Waals surface area contributed by atoms with Crippen LogP contribution in [0.3, 0.4) is 0 Å². The Morgan fingerprint density at radius 3 is 2.57 bits per heavy atom. The number of nitrogens with zero attached hydrogens (tertiary/aromatic N) is 2. The molecule has 194 valence electrons.